The van der Waals surface area contributed by atoms with Crippen molar-refractivity contribution in [2.24, 2.45) is 5.92 Å². The van der Waals surface area contributed by atoms with Crippen LogP contribution in [0.4, 0.5) is 5.82 Å². The summed E-state index contributed by atoms with van der Waals surface area (Å²) in [5, 5.41) is 52.1. The number of aliphatic hydroxyl groups is 2. The lowest BCUT2D eigenvalue weighted by molar-refractivity contribution is -0.129. The van der Waals surface area contributed by atoms with Crippen LogP contribution < -0.4 is 9.72 Å². The van der Waals surface area contributed by atoms with Gasteiger partial charge in [-0.2, -0.15) is 6.20 Å². The SMILES string of the molecule is O=C1CCc2cc(OC3CCCC3)c(O)c(c2)[C@H](O)c2cccc(c2)[C@H]2CC[C@@H]([N-]c3[nH]ccc32)C2=Cc3[n-]ccc3[C@@H](C[C@@]3(O)C=Cc4c(O)cccc4CC3)[C@H]2C(=O)C1. The molecule has 314 valence electrons. The molecule has 4 aliphatic carbocycles. The van der Waals surface area contributed by atoms with E-state index in [4.69, 9.17) is 15.0 Å². The number of phenols is 2. The quantitative estimate of drug-likeness (QED) is 0.112. The zero-order valence-electron chi connectivity index (χ0n) is 34.1. The molecule has 0 spiro atoms. The normalized spacial score (nSPS) is 26.4. The summed E-state index contributed by atoms with van der Waals surface area (Å²) in [5.41, 5.74) is 6.35. The van der Waals surface area contributed by atoms with Crippen LogP contribution in [0.5, 0.6) is 17.2 Å². The molecule has 1 fully saturated rings. The van der Waals surface area contributed by atoms with Gasteiger partial charge in [0.25, 0.3) is 0 Å². The standard InChI is InChI=1S/C51H51N3O7/c55-33-12-11-29-23-40(49(59)46(24-29)61-34-8-1-2-9-34)48(58)32-7-3-6-31(25-32)35-13-14-42(54-50-38(35)18-22-53-50)39-27-43-37(17-21-52-43)41(47(39)45(57)26-33)28-51(60)19-15-30-5-4-10-44(56)36(30)16-20-51/h3-7,10,16-18,20-25,27,34-35,41-42,47-48,53,56,58-60H,1-2,8-9,11-15,19,26,28H2/q-2/t35-,41-,42-,47+,48-,51+/m1/s1. The molecule has 6 bridgehead atoms. The lowest BCUT2D eigenvalue weighted by Gasteiger charge is -2.42. The Morgan fingerprint density at radius 3 is 2.57 bits per heavy atom. The molecular formula is C51H51N3O7-2. The summed E-state index contributed by atoms with van der Waals surface area (Å²) in [6, 6.07) is 20.4. The Morgan fingerprint density at radius 1 is 0.869 bits per heavy atom. The van der Waals surface area contributed by atoms with Gasteiger partial charge < -0.3 is 40.4 Å². The highest BCUT2D eigenvalue weighted by molar-refractivity contribution is 6.02. The maximum Gasteiger partial charge on any atom is 0.163 e. The molecule has 2 aromatic heterocycles. The first-order valence-corrected chi connectivity index (χ1v) is 21.9. The van der Waals surface area contributed by atoms with Crippen LogP contribution in [-0.2, 0) is 22.4 Å². The van der Waals surface area contributed by atoms with Gasteiger partial charge >= 0.3 is 0 Å². The van der Waals surface area contributed by atoms with Crippen molar-refractivity contribution >= 4 is 29.5 Å². The molecule has 61 heavy (non-hydrogen) atoms. The maximum atomic E-state index is 15.1. The Bertz CT molecular complexity index is 2560. The number of nitrogens with one attached hydrogen (secondary N) is 1. The van der Waals surface area contributed by atoms with Gasteiger partial charge in [-0.3, -0.25) is 9.59 Å². The molecule has 10 nitrogen and oxygen atoms in total. The maximum absolute atomic E-state index is 15.1. The Morgan fingerprint density at radius 2 is 1.70 bits per heavy atom. The number of ketones is 2. The van der Waals surface area contributed by atoms with Gasteiger partial charge in [0, 0.05) is 29.4 Å². The third-order valence-electron chi connectivity index (χ3n) is 14.0. The van der Waals surface area contributed by atoms with E-state index in [9.17, 15) is 25.2 Å². The monoisotopic (exact) mass is 817 g/mol. The van der Waals surface area contributed by atoms with E-state index < -0.39 is 29.6 Å². The van der Waals surface area contributed by atoms with E-state index in [1.165, 1.54) is 0 Å². The largest absolute Gasteiger partial charge is 0.664 e. The fourth-order valence-electron chi connectivity index (χ4n) is 10.8. The van der Waals surface area contributed by atoms with Crippen molar-refractivity contribution < 1.29 is 34.8 Å². The van der Waals surface area contributed by atoms with Crippen LogP contribution in [0.15, 0.2) is 90.8 Å². The van der Waals surface area contributed by atoms with E-state index in [2.05, 4.69) is 11.1 Å². The lowest BCUT2D eigenvalue weighted by Crippen LogP contribution is -2.38. The number of aromatic nitrogens is 2. The molecule has 10 rings (SSSR count). The number of ether oxygens (including phenoxy) is 1. The topological polar surface area (TPSA) is 168 Å². The first kappa shape index (κ1) is 39.3. The first-order valence-electron chi connectivity index (χ1n) is 21.9. The molecule has 1 aliphatic heterocycles. The summed E-state index contributed by atoms with van der Waals surface area (Å²) in [7, 11) is 0. The number of Topliss-reactive ketones (excluding diaryl/α,β-unsaturated/α-hetero) is 2. The van der Waals surface area contributed by atoms with Gasteiger partial charge in [0.05, 0.1) is 18.1 Å². The second-order valence-corrected chi connectivity index (χ2v) is 17.9. The number of carbonyl (C=O) groups excluding carboxylic acids is 2. The molecule has 3 heterocycles. The number of hydrogen-bond donors (Lipinski definition) is 5. The summed E-state index contributed by atoms with van der Waals surface area (Å²) in [6.07, 6.45) is 14.3. The second-order valence-electron chi connectivity index (χ2n) is 17.9. The van der Waals surface area contributed by atoms with Crippen LogP contribution in [-0.4, -0.2) is 54.7 Å². The van der Waals surface area contributed by atoms with Crippen LogP contribution in [0.2, 0.25) is 0 Å². The molecule has 5 aliphatic rings. The number of aryl methyl sites for hydroxylation is 2. The minimum Gasteiger partial charge on any atom is -0.664 e. The van der Waals surface area contributed by atoms with E-state index in [1.807, 2.05) is 54.7 Å². The summed E-state index contributed by atoms with van der Waals surface area (Å²) in [6.45, 7) is 0. The number of aliphatic hydroxyl groups excluding tert-OH is 1. The molecular weight excluding hydrogens is 767 g/mol. The zero-order chi connectivity index (χ0) is 41.8. The van der Waals surface area contributed by atoms with Crippen molar-refractivity contribution in [3.05, 3.63) is 146 Å². The smallest absolute Gasteiger partial charge is 0.163 e. The van der Waals surface area contributed by atoms with Crippen molar-refractivity contribution in [2.45, 2.75) is 113 Å². The van der Waals surface area contributed by atoms with Crippen LogP contribution in [0.3, 0.4) is 0 Å². The van der Waals surface area contributed by atoms with Crippen LogP contribution in [0, 0.1) is 5.92 Å². The Kier molecular flexibility index (Phi) is 10.2. The molecule has 3 aromatic carbocycles. The first-order chi connectivity index (χ1) is 29.6. The molecule has 10 heteroatoms. The van der Waals surface area contributed by atoms with Gasteiger partial charge in [0.1, 0.15) is 23.4 Å². The molecule has 1 saturated carbocycles. The summed E-state index contributed by atoms with van der Waals surface area (Å²) in [4.78, 5) is 37.3. The predicted octanol–water partition coefficient (Wildman–Crippen LogP) is 9.14. The van der Waals surface area contributed by atoms with Gasteiger partial charge in [-0.25, -0.2) is 0 Å². The van der Waals surface area contributed by atoms with Crippen LogP contribution in [0.25, 0.3) is 17.5 Å². The number of carbonyl (C=O) groups is 2. The van der Waals surface area contributed by atoms with Crippen molar-refractivity contribution in [3.63, 3.8) is 0 Å². The minimum atomic E-state index is -1.33. The minimum absolute atomic E-state index is 0.0443. The van der Waals surface area contributed by atoms with Gasteiger partial charge in [-0.15, -0.1) is 5.69 Å². The highest BCUT2D eigenvalue weighted by atomic mass is 16.5. The predicted molar refractivity (Wildman–Crippen MR) is 232 cm³/mol. The number of phenolic OH excluding ortho intramolecular Hbond substituents is 2. The average molecular weight is 818 g/mol. The van der Waals surface area contributed by atoms with Gasteiger partial charge in [0.2, 0.25) is 0 Å². The van der Waals surface area contributed by atoms with E-state index >= 15 is 4.79 Å². The molecule has 5 aromatic rings. The fraction of sp³-hybridized carbons (Fsp3) is 0.373. The van der Waals surface area contributed by atoms with E-state index in [1.54, 1.807) is 36.5 Å². The van der Waals surface area contributed by atoms with E-state index in [0.29, 0.717) is 53.9 Å². The van der Waals surface area contributed by atoms with Gasteiger partial charge in [-0.05, 0) is 122 Å². The second kappa shape index (κ2) is 15.9. The number of aromatic hydroxyl groups is 2. The number of benzene rings is 3. The van der Waals surface area contributed by atoms with Crippen LogP contribution >= 0.6 is 0 Å². The number of hydrogen-bond acceptors (Lipinski definition) is 7. The number of nitrogens with zero attached hydrogens (tertiary/aromatic N) is 2. The number of rotatable bonds is 4. The highest BCUT2D eigenvalue weighted by Crippen LogP contribution is 2.52. The summed E-state index contributed by atoms with van der Waals surface area (Å²) < 4.78 is 6.36. The highest BCUT2D eigenvalue weighted by Gasteiger charge is 2.43. The molecule has 5 N–H and O–H groups in total. The average Bonchev–Trinajstić information content (AvgIpc) is 4.01. The van der Waals surface area contributed by atoms with Crippen molar-refractivity contribution in [2.75, 3.05) is 0 Å². The number of aromatic amines is 1. The number of H-pyrrole nitrogens is 1. The van der Waals surface area contributed by atoms with E-state index in [-0.39, 0.29) is 60.8 Å². The zero-order valence-corrected chi connectivity index (χ0v) is 34.1. The van der Waals surface area contributed by atoms with Gasteiger partial charge in [0.15, 0.2) is 11.5 Å². The van der Waals surface area contributed by atoms with Crippen LogP contribution in [0.1, 0.15) is 132 Å². The van der Waals surface area contributed by atoms with Crippen molar-refractivity contribution in [1.82, 2.24) is 9.97 Å². The van der Waals surface area contributed by atoms with Crippen molar-refractivity contribution in [1.29, 1.82) is 0 Å². The lowest BCUT2D eigenvalue weighted by atomic mass is 9.67. The molecule has 0 radical (unpaired) electrons. The Balaban J connectivity index is 1.06. The fourth-order valence-corrected chi connectivity index (χ4v) is 10.8. The summed E-state index contributed by atoms with van der Waals surface area (Å²) >= 11 is 0. The molecule has 0 unspecified atom stereocenters. The summed E-state index contributed by atoms with van der Waals surface area (Å²) in [5.74, 6) is -0.754. The molecule has 0 saturated heterocycles. The third-order valence-corrected chi connectivity index (χ3v) is 14.0. The third kappa shape index (κ3) is 7.50. The molecule has 0 amide bonds. The van der Waals surface area contributed by atoms with Gasteiger partial charge in [-0.1, -0.05) is 89.9 Å². The Hall–Kier alpha value is -5.84. The van der Waals surface area contributed by atoms with E-state index in [0.717, 1.165) is 64.8 Å². The van der Waals surface area contributed by atoms with Crippen molar-refractivity contribution in [3.8, 4) is 17.2 Å². The Labute approximate surface area is 355 Å². The number of fused-ring (bicyclic) bond motifs is 14. The molecule has 6 atom stereocenters.